The standard InChI is InChI=1S/C11H14N4O4/c1-7(2)15-6-8(5-12-15)13-11(19)14-9(16)3-4-10(17)18/h3-7H,1-2H3,(H,17,18)(H2,13,14,16,19). The Morgan fingerprint density at radius 3 is 2.58 bits per heavy atom. The predicted molar refractivity (Wildman–Crippen MR) is 66.5 cm³/mol. The van der Waals surface area contributed by atoms with Gasteiger partial charge in [-0.05, 0) is 13.8 Å². The van der Waals surface area contributed by atoms with Crippen molar-refractivity contribution >= 4 is 23.6 Å². The number of nitrogens with one attached hydrogen (secondary N) is 2. The van der Waals surface area contributed by atoms with Gasteiger partial charge in [-0.15, -0.1) is 0 Å². The molecule has 1 aromatic heterocycles. The number of carbonyl (C=O) groups is 3. The molecule has 8 nitrogen and oxygen atoms in total. The van der Waals surface area contributed by atoms with Crippen LogP contribution in [-0.2, 0) is 9.59 Å². The third-order valence-electron chi connectivity index (χ3n) is 2.00. The molecule has 1 heterocycles. The van der Waals surface area contributed by atoms with Crippen LogP contribution in [0.5, 0.6) is 0 Å². The summed E-state index contributed by atoms with van der Waals surface area (Å²) >= 11 is 0. The summed E-state index contributed by atoms with van der Waals surface area (Å²) in [5.41, 5.74) is 0.432. The fourth-order valence-electron chi connectivity index (χ4n) is 1.15. The molecule has 3 N–H and O–H groups in total. The summed E-state index contributed by atoms with van der Waals surface area (Å²) in [7, 11) is 0. The first-order valence-electron chi connectivity index (χ1n) is 5.45. The first-order valence-corrected chi connectivity index (χ1v) is 5.45. The smallest absolute Gasteiger partial charge is 0.328 e. The lowest BCUT2D eigenvalue weighted by Gasteiger charge is -2.04. The van der Waals surface area contributed by atoms with Gasteiger partial charge in [0.05, 0.1) is 11.9 Å². The number of carboxylic acids is 1. The summed E-state index contributed by atoms with van der Waals surface area (Å²) in [6.07, 6.45) is 4.44. The number of carbonyl (C=O) groups excluding carboxylic acids is 2. The Kier molecular flexibility index (Phi) is 4.81. The van der Waals surface area contributed by atoms with Gasteiger partial charge in [0.15, 0.2) is 0 Å². The molecule has 0 radical (unpaired) electrons. The Bertz CT molecular complexity index is 519. The molecule has 0 aromatic carbocycles. The predicted octanol–water partition coefficient (Wildman–Crippen LogP) is 0.753. The third-order valence-corrected chi connectivity index (χ3v) is 2.00. The van der Waals surface area contributed by atoms with Crippen LogP contribution in [0.25, 0.3) is 0 Å². The lowest BCUT2D eigenvalue weighted by molar-refractivity contribution is -0.131. The molecule has 0 bridgehead atoms. The molecule has 3 amide bonds. The Labute approximate surface area is 109 Å². The number of hydrogen-bond donors (Lipinski definition) is 3. The van der Waals surface area contributed by atoms with Gasteiger partial charge in [0, 0.05) is 24.4 Å². The van der Waals surface area contributed by atoms with Gasteiger partial charge in [0.2, 0.25) is 0 Å². The number of aliphatic carboxylic acids is 1. The number of amides is 3. The van der Waals surface area contributed by atoms with Crippen LogP contribution in [0.3, 0.4) is 0 Å². The minimum Gasteiger partial charge on any atom is -0.478 e. The van der Waals surface area contributed by atoms with E-state index in [1.165, 1.54) is 6.20 Å². The van der Waals surface area contributed by atoms with Gasteiger partial charge < -0.3 is 10.4 Å². The van der Waals surface area contributed by atoms with E-state index in [0.717, 1.165) is 6.08 Å². The summed E-state index contributed by atoms with van der Waals surface area (Å²) in [6.45, 7) is 3.86. The average Bonchev–Trinajstić information content (AvgIpc) is 2.74. The SMILES string of the molecule is CC(C)n1cc(NC(=O)NC(=O)C=CC(=O)O)cn1. The number of anilines is 1. The number of hydrogen-bond acceptors (Lipinski definition) is 4. The van der Waals surface area contributed by atoms with Crippen LogP contribution in [0.1, 0.15) is 19.9 Å². The van der Waals surface area contributed by atoms with E-state index < -0.39 is 17.9 Å². The summed E-state index contributed by atoms with van der Waals surface area (Å²) in [6, 6.07) is -0.609. The minimum absolute atomic E-state index is 0.152. The third kappa shape index (κ3) is 5.02. The summed E-state index contributed by atoms with van der Waals surface area (Å²) < 4.78 is 1.64. The molecule has 0 fully saturated rings. The first kappa shape index (κ1) is 14.4. The van der Waals surface area contributed by atoms with E-state index in [1.54, 1.807) is 10.9 Å². The number of carboxylic acid groups (broad SMARTS) is 1. The van der Waals surface area contributed by atoms with E-state index >= 15 is 0 Å². The second kappa shape index (κ2) is 6.34. The highest BCUT2D eigenvalue weighted by Crippen LogP contribution is 2.09. The average molecular weight is 266 g/mol. The second-order valence-electron chi connectivity index (χ2n) is 3.92. The zero-order valence-corrected chi connectivity index (χ0v) is 10.5. The van der Waals surface area contributed by atoms with Gasteiger partial charge in [0.1, 0.15) is 0 Å². The molecule has 0 aliphatic rings. The molecule has 0 atom stereocenters. The monoisotopic (exact) mass is 266 g/mol. The van der Waals surface area contributed by atoms with Gasteiger partial charge in [-0.1, -0.05) is 0 Å². The van der Waals surface area contributed by atoms with E-state index in [1.807, 2.05) is 19.2 Å². The lowest BCUT2D eigenvalue weighted by atomic mass is 10.4. The maximum Gasteiger partial charge on any atom is 0.328 e. The fourth-order valence-corrected chi connectivity index (χ4v) is 1.15. The van der Waals surface area contributed by atoms with Gasteiger partial charge >= 0.3 is 12.0 Å². The minimum atomic E-state index is -1.27. The van der Waals surface area contributed by atoms with Crippen molar-refractivity contribution in [2.45, 2.75) is 19.9 Å². The summed E-state index contributed by atoms with van der Waals surface area (Å²) in [5, 5.41) is 16.7. The molecular formula is C11H14N4O4. The molecule has 102 valence electrons. The van der Waals surface area contributed by atoms with Gasteiger partial charge in [-0.25, -0.2) is 9.59 Å². The maximum absolute atomic E-state index is 11.4. The van der Waals surface area contributed by atoms with E-state index in [-0.39, 0.29) is 6.04 Å². The topological polar surface area (TPSA) is 113 Å². The molecule has 19 heavy (non-hydrogen) atoms. The van der Waals surface area contributed by atoms with Crippen molar-refractivity contribution in [1.82, 2.24) is 15.1 Å². The number of aromatic nitrogens is 2. The molecule has 0 aliphatic carbocycles. The van der Waals surface area contributed by atoms with Crippen molar-refractivity contribution in [1.29, 1.82) is 0 Å². The maximum atomic E-state index is 11.4. The Morgan fingerprint density at radius 1 is 1.37 bits per heavy atom. The van der Waals surface area contributed by atoms with Crippen LogP contribution in [0.2, 0.25) is 0 Å². The van der Waals surface area contributed by atoms with Crippen LogP contribution in [0.4, 0.5) is 10.5 Å². The first-order chi connectivity index (χ1) is 8.88. The van der Waals surface area contributed by atoms with Crippen LogP contribution in [0.15, 0.2) is 24.5 Å². The Hall–Kier alpha value is -2.64. The molecule has 8 heteroatoms. The van der Waals surface area contributed by atoms with Gasteiger partial charge in [0.25, 0.3) is 5.91 Å². The van der Waals surface area contributed by atoms with E-state index in [0.29, 0.717) is 11.8 Å². The molecule has 1 rings (SSSR count). The van der Waals surface area contributed by atoms with Crippen molar-refractivity contribution in [3.8, 4) is 0 Å². The van der Waals surface area contributed by atoms with Gasteiger partial charge in [-0.3, -0.25) is 14.8 Å². The van der Waals surface area contributed by atoms with Crippen molar-refractivity contribution in [2.24, 2.45) is 0 Å². The van der Waals surface area contributed by atoms with Crippen molar-refractivity contribution < 1.29 is 19.5 Å². The zero-order chi connectivity index (χ0) is 14.4. The second-order valence-corrected chi connectivity index (χ2v) is 3.92. The highest BCUT2D eigenvalue weighted by molar-refractivity contribution is 6.06. The zero-order valence-electron chi connectivity index (χ0n) is 10.5. The Balaban J connectivity index is 2.50. The van der Waals surface area contributed by atoms with Crippen LogP contribution in [-0.4, -0.2) is 32.8 Å². The molecular weight excluding hydrogens is 252 g/mol. The Morgan fingerprint density at radius 2 is 2.05 bits per heavy atom. The van der Waals surface area contributed by atoms with Crippen molar-refractivity contribution in [2.75, 3.05) is 5.32 Å². The number of urea groups is 1. The lowest BCUT2D eigenvalue weighted by Crippen LogP contribution is -2.33. The normalized spacial score (nSPS) is 10.7. The van der Waals surface area contributed by atoms with E-state index in [4.69, 9.17) is 5.11 Å². The van der Waals surface area contributed by atoms with Crippen LogP contribution >= 0.6 is 0 Å². The van der Waals surface area contributed by atoms with Gasteiger partial charge in [-0.2, -0.15) is 5.10 Å². The number of nitrogens with zero attached hydrogens (tertiary/aromatic N) is 2. The number of imide groups is 1. The quantitative estimate of drug-likeness (QED) is 0.696. The molecule has 0 aliphatic heterocycles. The van der Waals surface area contributed by atoms with Crippen molar-refractivity contribution in [3.05, 3.63) is 24.5 Å². The van der Waals surface area contributed by atoms with E-state index in [2.05, 4.69) is 10.4 Å². The largest absolute Gasteiger partial charge is 0.478 e. The molecule has 0 spiro atoms. The van der Waals surface area contributed by atoms with Crippen molar-refractivity contribution in [3.63, 3.8) is 0 Å². The van der Waals surface area contributed by atoms with Crippen LogP contribution in [0, 0.1) is 0 Å². The van der Waals surface area contributed by atoms with Crippen LogP contribution < -0.4 is 10.6 Å². The molecule has 0 unspecified atom stereocenters. The highest BCUT2D eigenvalue weighted by atomic mass is 16.4. The summed E-state index contributed by atoms with van der Waals surface area (Å²) in [5.74, 6) is -2.09. The molecule has 1 aromatic rings. The van der Waals surface area contributed by atoms with E-state index in [9.17, 15) is 14.4 Å². The molecule has 0 saturated carbocycles. The summed E-state index contributed by atoms with van der Waals surface area (Å²) in [4.78, 5) is 32.7. The highest BCUT2D eigenvalue weighted by Gasteiger charge is 2.08. The fraction of sp³-hybridized carbons (Fsp3) is 0.273. The molecule has 0 saturated heterocycles. The number of rotatable bonds is 4.